The Balaban J connectivity index is 1.96. The van der Waals surface area contributed by atoms with Gasteiger partial charge in [0.25, 0.3) is 5.91 Å². The van der Waals surface area contributed by atoms with Gasteiger partial charge in [0.2, 0.25) is 0 Å². The molecule has 1 saturated carbocycles. The van der Waals surface area contributed by atoms with Crippen LogP contribution in [0.5, 0.6) is 0 Å². The van der Waals surface area contributed by atoms with Crippen LogP contribution in [0.2, 0.25) is 5.02 Å². The zero-order chi connectivity index (χ0) is 13.1. The third kappa shape index (κ3) is 3.27. The lowest BCUT2D eigenvalue weighted by molar-refractivity contribution is 0.0938. The molecule has 1 aliphatic carbocycles. The first-order valence-electron chi connectivity index (χ1n) is 6.42. The van der Waals surface area contributed by atoms with Crippen LogP contribution in [0, 0.1) is 5.92 Å². The number of rotatable bonds is 6. The van der Waals surface area contributed by atoms with Crippen molar-refractivity contribution >= 4 is 17.5 Å². The lowest BCUT2D eigenvalue weighted by atomic mass is 10.2. The smallest absolute Gasteiger partial charge is 0.267 e. The van der Waals surface area contributed by atoms with E-state index in [1.54, 1.807) is 6.07 Å². The largest absolute Gasteiger partial charge is 0.350 e. The second-order valence-electron chi connectivity index (χ2n) is 5.05. The highest BCUT2D eigenvalue weighted by molar-refractivity contribution is 6.31. The van der Waals surface area contributed by atoms with E-state index in [0.29, 0.717) is 29.2 Å². The van der Waals surface area contributed by atoms with Crippen molar-refractivity contribution in [3.05, 3.63) is 23.0 Å². The maximum Gasteiger partial charge on any atom is 0.267 e. The normalized spacial score (nSPS) is 16.6. The molecule has 0 aromatic carbocycles. The topological polar surface area (TPSA) is 46.1 Å². The first kappa shape index (κ1) is 13.4. The Kier molecular flexibility index (Phi) is 4.30. The van der Waals surface area contributed by atoms with Crippen molar-refractivity contribution in [3.63, 3.8) is 0 Å². The number of hydrogen-bond acceptors (Lipinski definition) is 2. The van der Waals surface area contributed by atoms with Gasteiger partial charge in [-0.05, 0) is 38.4 Å². The average molecular weight is 270 g/mol. The number of carbonyl (C=O) groups excluding carboxylic acids is 1. The van der Waals surface area contributed by atoms with E-state index < -0.39 is 0 Å². The molecule has 2 rings (SSSR count). The summed E-state index contributed by atoms with van der Waals surface area (Å²) >= 11 is 5.98. The molecule has 100 valence electrons. The van der Waals surface area contributed by atoms with E-state index in [-0.39, 0.29) is 5.91 Å². The van der Waals surface area contributed by atoms with Gasteiger partial charge in [-0.2, -0.15) is 0 Å². The Labute approximate surface area is 113 Å². The molecule has 1 aromatic rings. The van der Waals surface area contributed by atoms with Gasteiger partial charge in [0.15, 0.2) is 0 Å². The fraction of sp³-hybridized carbons (Fsp3) is 0.615. The number of halogens is 1. The van der Waals surface area contributed by atoms with Gasteiger partial charge in [0.1, 0.15) is 5.69 Å². The minimum absolute atomic E-state index is 0.0308. The minimum Gasteiger partial charge on any atom is -0.350 e. The Hall–Kier alpha value is -1.00. The van der Waals surface area contributed by atoms with Crippen LogP contribution in [-0.4, -0.2) is 30.6 Å². The summed E-state index contributed by atoms with van der Waals surface area (Å²) in [5, 5.41) is 6.69. The van der Waals surface area contributed by atoms with Crippen LogP contribution in [0.4, 0.5) is 0 Å². The Bertz CT molecular complexity index is 426. The first-order valence-corrected chi connectivity index (χ1v) is 6.79. The standard InChI is InChI=1S/C13H20ClN3O/c1-9(6-15-2)7-16-13(18)12-5-10(14)8-17(12)11-3-4-11/h5,8-9,11,15H,3-4,6-7H2,1-2H3,(H,16,18). The van der Waals surface area contributed by atoms with Crippen LogP contribution >= 0.6 is 11.6 Å². The Morgan fingerprint density at radius 3 is 2.89 bits per heavy atom. The fourth-order valence-electron chi connectivity index (χ4n) is 2.06. The fourth-order valence-corrected chi connectivity index (χ4v) is 2.27. The van der Waals surface area contributed by atoms with Crippen molar-refractivity contribution < 1.29 is 4.79 Å². The molecule has 1 aromatic heterocycles. The summed E-state index contributed by atoms with van der Waals surface area (Å²) in [6, 6.07) is 2.21. The van der Waals surface area contributed by atoms with Gasteiger partial charge >= 0.3 is 0 Å². The molecule has 18 heavy (non-hydrogen) atoms. The van der Waals surface area contributed by atoms with Gasteiger partial charge in [-0.15, -0.1) is 0 Å². The summed E-state index contributed by atoms with van der Waals surface area (Å²) < 4.78 is 2.00. The van der Waals surface area contributed by atoms with Crippen molar-refractivity contribution in [2.24, 2.45) is 5.92 Å². The molecular weight excluding hydrogens is 250 g/mol. The summed E-state index contributed by atoms with van der Waals surface area (Å²) in [4.78, 5) is 12.1. The van der Waals surface area contributed by atoms with E-state index in [1.165, 1.54) is 0 Å². The van der Waals surface area contributed by atoms with E-state index in [9.17, 15) is 4.79 Å². The molecule has 0 aliphatic heterocycles. The number of carbonyl (C=O) groups is 1. The molecule has 1 atom stereocenters. The van der Waals surface area contributed by atoms with Crippen LogP contribution in [0.25, 0.3) is 0 Å². The lowest BCUT2D eigenvalue weighted by Gasteiger charge is -2.13. The Morgan fingerprint density at radius 2 is 2.28 bits per heavy atom. The molecule has 1 aliphatic rings. The number of amides is 1. The predicted molar refractivity (Wildman–Crippen MR) is 73.1 cm³/mol. The van der Waals surface area contributed by atoms with Gasteiger partial charge in [-0.3, -0.25) is 4.79 Å². The summed E-state index contributed by atoms with van der Waals surface area (Å²) in [5.41, 5.74) is 0.680. The molecule has 4 nitrogen and oxygen atoms in total. The zero-order valence-electron chi connectivity index (χ0n) is 10.9. The van der Waals surface area contributed by atoms with Gasteiger partial charge in [-0.1, -0.05) is 18.5 Å². The molecule has 1 heterocycles. The van der Waals surface area contributed by atoms with E-state index >= 15 is 0 Å². The van der Waals surface area contributed by atoms with E-state index in [0.717, 1.165) is 19.4 Å². The summed E-state index contributed by atoms with van der Waals surface area (Å²) in [6.45, 7) is 3.67. The molecule has 0 spiro atoms. The molecule has 1 amide bonds. The molecular formula is C13H20ClN3O. The molecule has 1 fully saturated rings. The second-order valence-corrected chi connectivity index (χ2v) is 5.49. The van der Waals surface area contributed by atoms with E-state index in [2.05, 4.69) is 17.6 Å². The van der Waals surface area contributed by atoms with Crippen LogP contribution in [0.1, 0.15) is 36.3 Å². The summed E-state index contributed by atoms with van der Waals surface area (Å²) in [5.74, 6) is 0.385. The van der Waals surface area contributed by atoms with E-state index in [4.69, 9.17) is 11.6 Å². The summed E-state index contributed by atoms with van der Waals surface area (Å²) in [6.07, 6.45) is 4.13. The van der Waals surface area contributed by atoms with Crippen molar-refractivity contribution in [1.82, 2.24) is 15.2 Å². The number of hydrogen-bond donors (Lipinski definition) is 2. The van der Waals surface area contributed by atoms with Crippen molar-refractivity contribution in [1.29, 1.82) is 0 Å². The predicted octanol–water partition coefficient (Wildman–Crippen LogP) is 2.06. The Morgan fingerprint density at radius 1 is 1.56 bits per heavy atom. The van der Waals surface area contributed by atoms with Gasteiger partial charge in [0.05, 0.1) is 5.02 Å². The molecule has 1 unspecified atom stereocenters. The molecule has 5 heteroatoms. The highest BCUT2D eigenvalue weighted by Crippen LogP contribution is 2.37. The number of nitrogens with zero attached hydrogens (tertiary/aromatic N) is 1. The quantitative estimate of drug-likeness (QED) is 0.830. The van der Waals surface area contributed by atoms with E-state index in [1.807, 2.05) is 17.8 Å². The van der Waals surface area contributed by atoms with Crippen LogP contribution < -0.4 is 10.6 Å². The molecule has 0 radical (unpaired) electrons. The monoisotopic (exact) mass is 269 g/mol. The maximum absolute atomic E-state index is 12.1. The van der Waals surface area contributed by atoms with Gasteiger partial charge in [-0.25, -0.2) is 0 Å². The zero-order valence-corrected chi connectivity index (χ0v) is 11.6. The average Bonchev–Trinajstić information content (AvgIpc) is 3.10. The third-order valence-electron chi connectivity index (χ3n) is 3.15. The van der Waals surface area contributed by atoms with Gasteiger partial charge < -0.3 is 15.2 Å². The van der Waals surface area contributed by atoms with Crippen molar-refractivity contribution in [3.8, 4) is 0 Å². The highest BCUT2D eigenvalue weighted by atomic mass is 35.5. The van der Waals surface area contributed by atoms with Gasteiger partial charge in [0, 0.05) is 18.8 Å². The molecule has 2 N–H and O–H groups in total. The maximum atomic E-state index is 12.1. The minimum atomic E-state index is -0.0308. The highest BCUT2D eigenvalue weighted by Gasteiger charge is 2.27. The van der Waals surface area contributed by atoms with Crippen LogP contribution in [0.3, 0.4) is 0 Å². The first-order chi connectivity index (χ1) is 8.61. The second kappa shape index (κ2) is 5.76. The van der Waals surface area contributed by atoms with Crippen LogP contribution in [-0.2, 0) is 0 Å². The molecule has 0 bridgehead atoms. The van der Waals surface area contributed by atoms with Crippen molar-refractivity contribution in [2.75, 3.05) is 20.1 Å². The summed E-state index contributed by atoms with van der Waals surface area (Å²) in [7, 11) is 1.91. The SMILES string of the molecule is CNCC(C)CNC(=O)c1cc(Cl)cn1C1CC1. The molecule has 0 saturated heterocycles. The van der Waals surface area contributed by atoms with Crippen LogP contribution in [0.15, 0.2) is 12.3 Å². The third-order valence-corrected chi connectivity index (χ3v) is 3.36. The lowest BCUT2D eigenvalue weighted by Crippen LogP contribution is -2.33. The van der Waals surface area contributed by atoms with Crippen molar-refractivity contribution in [2.45, 2.75) is 25.8 Å². The number of nitrogens with one attached hydrogen (secondary N) is 2. The number of aromatic nitrogens is 1.